The number of hydrogen-bond acceptors (Lipinski definition) is 6. The summed E-state index contributed by atoms with van der Waals surface area (Å²) >= 11 is 0. The van der Waals surface area contributed by atoms with E-state index >= 15 is 0 Å². The van der Waals surface area contributed by atoms with Crippen molar-refractivity contribution in [2.75, 3.05) is 16.8 Å². The van der Waals surface area contributed by atoms with Gasteiger partial charge in [0.25, 0.3) is 5.91 Å². The number of carbonyl (C=O) groups is 2. The molecule has 0 radical (unpaired) electrons. The molecule has 1 saturated heterocycles. The first-order valence-corrected chi connectivity index (χ1v) is 12.2. The van der Waals surface area contributed by atoms with Gasteiger partial charge < -0.3 is 5.32 Å². The summed E-state index contributed by atoms with van der Waals surface area (Å²) < 4.78 is 25.2. The highest BCUT2D eigenvalue weighted by atomic mass is 32.2. The van der Waals surface area contributed by atoms with Gasteiger partial charge in [0.15, 0.2) is 9.84 Å². The van der Waals surface area contributed by atoms with E-state index in [9.17, 15) is 18.0 Å². The third-order valence-electron chi connectivity index (χ3n) is 5.60. The molecule has 2 aromatic rings. The Morgan fingerprint density at radius 3 is 2.58 bits per heavy atom. The number of hydrogen-bond donors (Lipinski definition) is 1. The van der Waals surface area contributed by atoms with Crippen LogP contribution in [0.15, 0.2) is 41.6 Å². The van der Waals surface area contributed by atoms with E-state index in [1.54, 1.807) is 16.9 Å². The first-order valence-electron chi connectivity index (χ1n) is 10.4. The Balaban J connectivity index is 1.46. The number of aromatic nitrogens is 2. The number of hydrazone groups is 1. The summed E-state index contributed by atoms with van der Waals surface area (Å²) in [7, 11) is -3.16. The lowest BCUT2D eigenvalue weighted by Crippen LogP contribution is -2.42. The van der Waals surface area contributed by atoms with Crippen LogP contribution in [0, 0.1) is 0 Å². The molecule has 3 heterocycles. The molecule has 1 fully saturated rings. The van der Waals surface area contributed by atoms with Gasteiger partial charge in [-0.1, -0.05) is 31.2 Å². The van der Waals surface area contributed by atoms with Crippen molar-refractivity contribution in [3.63, 3.8) is 0 Å². The molecule has 0 saturated carbocycles. The van der Waals surface area contributed by atoms with E-state index in [0.29, 0.717) is 18.8 Å². The zero-order valence-corrected chi connectivity index (χ0v) is 18.1. The number of benzene rings is 1. The minimum atomic E-state index is -3.16. The Hall–Kier alpha value is -3.01. The van der Waals surface area contributed by atoms with Gasteiger partial charge in [0.1, 0.15) is 11.5 Å². The SMILES string of the molecule is CCc1ccc(Cn2nccc2NC(=O)C2=NN(C3CCS(=O)(=O)C3)C(=O)CC2)cc1. The van der Waals surface area contributed by atoms with Gasteiger partial charge in [0.2, 0.25) is 5.91 Å². The van der Waals surface area contributed by atoms with Crippen LogP contribution in [0.5, 0.6) is 0 Å². The molecule has 1 unspecified atom stereocenters. The Bertz CT molecular complexity index is 1120. The standard InChI is InChI=1S/C21H25N5O4S/c1-2-15-3-5-16(6-4-15)13-25-19(9-11-22-25)23-21(28)18-7-8-20(27)26(24-18)17-10-12-31(29,30)14-17/h3-6,9,11,17H,2,7-8,10,12-14H2,1H3,(H,23,28). The lowest BCUT2D eigenvalue weighted by atomic mass is 10.1. The molecule has 1 aromatic heterocycles. The smallest absolute Gasteiger partial charge is 0.273 e. The molecule has 2 aliphatic rings. The van der Waals surface area contributed by atoms with E-state index in [1.165, 1.54) is 10.6 Å². The van der Waals surface area contributed by atoms with E-state index in [-0.39, 0.29) is 36.0 Å². The molecule has 9 nitrogen and oxygen atoms in total. The lowest BCUT2D eigenvalue weighted by Gasteiger charge is -2.27. The molecule has 0 aliphatic carbocycles. The van der Waals surface area contributed by atoms with Crippen LogP contribution in [0.1, 0.15) is 37.3 Å². The van der Waals surface area contributed by atoms with E-state index in [1.807, 2.05) is 12.1 Å². The monoisotopic (exact) mass is 443 g/mol. The van der Waals surface area contributed by atoms with E-state index < -0.39 is 21.8 Å². The first kappa shape index (κ1) is 21.2. The Kier molecular flexibility index (Phi) is 5.90. The van der Waals surface area contributed by atoms with Crippen molar-refractivity contribution in [3.8, 4) is 0 Å². The Labute approximate surface area is 181 Å². The summed E-state index contributed by atoms with van der Waals surface area (Å²) in [6.45, 7) is 2.61. The van der Waals surface area contributed by atoms with Crippen molar-refractivity contribution >= 4 is 33.2 Å². The molecule has 0 bridgehead atoms. The van der Waals surface area contributed by atoms with Gasteiger partial charge in [-0.2, -0.15) is 10.2 Å². The lowest BCUT2D eigenvalue weighted by molar-refractivity contribution is -0.133. The summed E-state index contributed by atoms with van der Waals surface area (Å²) in [6.07, 6.45) is 3.27. The number of rotatable bonds is 6. The molecular formula is C21H25N5O4S. The average Bonchev–Trinajstić information content (AvgIpc) is 3.34. The number of sulfone groups is 1. The van der Waals surface area contributed by atoms with Crippen molar-refractivity contribution in [1.29, 1.82) is 0 Å². The molecule has 10 heteroatoms. The van der Waals surface area contributed by atoms with Gasteiger partial charge in [-0.25, -0.2) is 18.1 Å². The maximum atomic E-state index is 12.8. The number of amides is 2. The number of aryl methyl sites for hydroxylation is 1. The Morgan fingerprint density at radius 1 is 1.16 bits per heavy atom. The zero-order chi connectivity index (χ0) is 22.0. The van der Waals surface area contributed by atoms with Gasteiger partial charge in [-0.15, -0.1) is 0 Å². The molecule has 2 amide bonds. The average molecular weight is 444 g/mol. The van der Waals surface area contributed by atoms with Crippen molar-refractivity contribution < 1.29 is 18.0 Å². The second kappa shape index (κ2) is 8.62. The van der Waals surface area contributed by atoms with Crippen LogP contribution < -0.4 is 5.32 Å². The largest absolute Gasteiger partial charge is 0.306 e. The molecule has 164 valence electrons. The third kappa shape index (κ3) is 4.84. The minimum Gasteiger partial charge on any atom is -0.306 e. The fourth-order valence-corrected chi connectivity index (χ4v) is 5.49. The molecule has 31 heavy (non-hydrogen) atoms. The van der Waals surface area contributed by atoms with Crippen LogP contribution in [0.3, 0.4) is 0 Å². The highest BCUT2D eigenvalue weighted by Crippen LogP contribution is 2.22. The van der Waals surface area contributed by atoms with Gasteiger partial charge >= 0.3 is 0 Å². The highest BCUT2D eigenvalue weighted by molar-refractivity contribution is 7.91. The summed E-state index contributed by atoms with van der Waals surface area (Å²) in [6, 6.07) is 9.42. The van der Waals surface area contributed by atoms with Crippen LogP contribution in [-0.4, -0.2) is 58.3 Å². The van der Waals surface area contributed by atoms with Gasteiger partial charge in [0, 0.05) is 18.9 Å². The quantitative estimate of drug-likeness (QED) is 0.728. The predicted octanol–water partition coefficient (Wildman–Crippen LogP) is 1.60. The third-order valence-corrected chi connectivity index (χ3v) is 7.35. The summed E-state index contributed by atoms with van der Waals surface area (Å²) in [4.78, 5) is 25.1. The highest BCUT2D eigenvalue weighted by Gasteiger charge is 2.37. The number of anilines is 1. The summed E-state index contributed by atoms with van der Waals surface area (Å²) in [5, 5.41) is 12.5. The normalized spacial score (nSPS) is 20.5. The van der Waals surface area contributed by atoms with Crippen molar-refractivity contribution in [1.82, 2.24) is 14.8 Å². The van der Waals surface area contributed by atoms with Crippen molar-refractivity contribution in [2.45, 2.75) is 45.2 Å². The molecule has 4 rings (SSSR count). The summed E-state index contributed by atoms with van der Waals surface area (Å²) in [5.41, 5.74) is 2.52. The second-order valence-electron chi connectivity index (χ2n) is 7.84. The van der Waals surface area contributed by atoms with E-state index in [0.717, 1.165) is 12.0 Å². The molecular weight excluding hydrogens is 418 g/mol. The predicted molar refractivity (Wildman–Crippen MR) is 116 cm³/mol. The van der Waals surface area contributed by atoms with Gasteiger partial charge in [-0.3, -0.25) is 9.59 Å². The van der Waals surface area contributed by atoms with Gasteiger partial charge in [0.05, 0.1) is 30.3 Å². The zero-order valence-electron chi connectivity index (χ0n) is 17.3. The number of nitrogens with one attached hydrogen (secondary N) is 1. The molecule has 1 atom stereocenters. The minimum absolute atomic E-state index is 0.0386. The Morgan fingerprint density at radius 2 is 1.90 bits per heavy atom. The topological polar surface area (TPSA) is 114 Å². The van der Waals surface area contributed by atoms with Gasteiger partial charge in [-0.05, 0) is 24.0 Å². The maximum absolute atomic E-state index is 12.8. The molecule has 2 aliphatic heterocycles. The number of nitrogens with zero attached hydrogens (tertiary/aromatic N) is 4. The van der Waals surface area contributed by atoms with Crippen LogP contribution in [0.4, 0.5) is 5.82 Å². The molecule has 1 N–H and O–H groups in total. The van der Waals surface area contributed by atoms with Crippen molar-refractivity contribution in [2.24, 2.45) is 5.10 Å². The molecule has 1 aromatic carbocycles. The molecule has 0 spiro atoms. The van der Waals surface area contributed by atoms with Crippen molar-refractivity contribution in [3.05, 3.63) is 47.7 Å². The first-order chi connectivity index (χ1) is 14.8. The number of carbonyl (C=O) groups excluding carboxylic acids is 2. The second-order valence-corrected chi connectivity index (χ2v) is 10.1. The fraction of sp³-hybridized carbons (Fsp3) is 0.429. The van der Waals surface area contributed by atoms with Crippen LogP contribution in [0.25, 0.3) is 0 Å². The van der Waals surface area contributed by atoms with Crippen LogP contribution in [0.2, 0.25) is 0 Å². The van der Waals surface area contributed by atoms with Crippen LogP contribution in [-0.2, 0) is 32.4 Å². The van der Waals surface area contributed by atoms with Crippen LogP contribution >= 0.6 is 0 Å². The fourth-order valence-electron chi connectivity index (χ4n) is 3.79. The van der Waals surface area contributed by atoms with E-state index in [2.05, 4.69) is 34.6 Å². The summed E-state index contributed by atoms with van der Waals surface area (Å²) in [5.74, 6) is -0.211. The maximum Gasteiger partial charge on any atom is 0.273 e. The van der Waals surface area contributed by atoms with E-state index in [4.69, 9.17) is 0 Å².